The number of likely N-dealkylation sites (tertiary alicyclic amines) is 1. The van der Waals surface area contributed by atoms with Gasteiger partial charge in [0.2, 0.25) is 5.91 Å². The quantitative estimate of drug-likeness (QED) is 0.537. The number of carbonyl (C=O) groups is 2. The molecule has 1 aromatic heterocycles. The van der Waals surface area contributed by atoms with Gasteiger partial charge in [0.15, 0.2) is 5.69 Å². The van der Waals surface area contributed by atoms with Gasteiger partial charge < -0.3 is 25.4 Å². The topological polar surface area (TPSA) is 112 Å². The van der Waals surface area contributed by atoms with Crippen molar-refractivity contribution >= 4 is 17.6 Å². The Morgan fingerprint density at radius 3 is 2.48 bits per heavy atom. The first-order valence-electron chi connectivity index (χ1n) is 9.68. The molecule has 0 bridgehead atoms. The number of amides is 2. The average Bonchev–Trinajstić information content (AvgIpc) is 3.41. The van der Waals surface area contributed by atoms with Crippen LogP contribution in [0.5, 0.6) is 11.5 Å². The molecule has 162 valence electrons. The van der Waals surface area contributed by atoms with E-state index in [0.717, 1.165) is 0 Å². The molecule has 3 rings (SSSR count). The lowest BCUT2D eigenvalue weighted by molar-refractivity contribution is -0.125. The van der Waals surface area contributed by atoms with Gasteiger partial charge in [0, 0.05) is 31.8 Å². The Balaban J connectivity index is 2.01. The number of primary amides is 1. The maximum Gasteiger partial charge on any atom is 0.255 e. The number of nitrogens with two attached hydrogens (primary N) is 1. The zero-order valence-electron chi connectivity index (χ0n) is 17.8. The van der Waals surface area contributed by atoms with Crippen LogP contribution >= 0.6 is 0 Å². The molecule has 0 aliphatic carbocycles. The van der Waals surface area contributed by atoms with Crippen molar-refractivity contribution in [1.29, 1.82) is 0 Å². The first-order valence-corrected chi connectivity index (χ1v) is 9.68. The number of nitrogens with zero attached hydrogens (tertiary/aromatic N) is 3. The first kappa shape index (κ1) is 21.8. The fourth-order valence-corrected chi connectivity index (χ4v) is 3.54. The molecule has 1 saturated heterocycles. The van der Waals surface area contributed by atoms with Gasteiger partial charge in [-0.3, -0.25) is 9.59 Å². The number of hydrogen-bond acceptors (Lipinski definition) is 6. The van der Waals surface area contributed by atoms with E-state index in [1.807, 2.05) is 0 Å². The van der Waals surface area contributed by atoms with Crippen molar-refractivity contribution in [3.05, 3.63) is 47.7 Å². The molecule has 1 aliphatic heterocycles. The fraction of sp³-hybridized carbons (Fsp3) is 0.318. The molecule has 3 N–H and O–H groups in total. The standard InChI is InChI=1S/C22H25N5O4/c1-5-19(28)26-9-8-15(13-26)27-22(24-2)20(21(23)29)18(25-27)7-6-14-10-16(30-3)12-17(11-14)31-4/h5,10-12,15,24H,1,8-9,13H2,2-4H3,(H2,23,29). The lowest BCUT2D eigenvalue weighted by Crippen LogP contribution is -2.27. The summed E-state index contributed by atoms with van der Waals surface area (Å²) in [5.74, 6) is 6.83. The van der Waals surface area contributed by atoms with Gasteiger partial charge in [-0.15, -0.1) is 0 Å². The van der Waals surface area contributed by atoms with E-state index < -0.39 is 5.91 Å². The molecule has 2 heterocycles. The number of ether oxygens (including phenoxy) is 2. The van der Waals surface area contributed by atoms with Gasteiger partial charge in [-0.25, -0.2) is 4.68 Å². The van der Waals surface area contributed by atoms with Gasteiger partial charge in [-0.1, -0.05) is 12.5 Å². The Kier molecular flexibility index (Phi) is 6.50. The largest absolute Gasteiger partial charge is 0.497 e. The Morgan fingerprint density at radius 1 is 1.26 bits per heavy atom. The zero-order chi connectivity index (χ0) is 22.5. The first-order chi connectivity index (χ1) is 14.9. The third-order valence-corrected chi connectivity index (χ3v) is 5.07. The number of hydrogen-bond donors (Lipinski definition) is 2. The molecule has 1 aromatic carbocycles. The summed E-state index contributed by atoms with van der Waals surface area (Å²) in [6.45, 7) is 4.57. The van der Waals surface area contributed by atoms with Crippen LogP contribution in [0.1, 0.15) is 34.1 Å². The lowest BCUT2D eigenvalue weighted by Gasteiger charge is -2.16. The Labute approximate surface area is 180 Å². The smallest absolute Gasteiger partial charge is 0.255 e. The van der Waals surface area contributed by atoms with Crippen LogP contribution in [-0.2, 0) is 4.79 Å². The summed E-state index contributed by atoms with van der Waals surface area (Å²) in [5.41, 5.74) is 6.74. The monoisotopic (exact) mass is 423 g/mol. The van der Waals surface area contributed by atoms with Gasteiger partial charge in [-0.2, -0.15) is 5.10 Å². The minimum absolute atomic E-state index is 0.114. The highest BCUT2D eigenvalue weighted by Crippen LogP contribution is 2.29. The molecule has 9 heteroatoms. The van der Waals surface area contributed by atoms with Crippen LogP contribution in [0.15, 0.2) is 30.9 Å². The molecule has 0 saturated carbocycles. The van der Waals surface area contributed by atoms with Crippen molar-refractivity contribution in [2.75, 3.05) is 39.7 Å². The summed E-state index contributed by atoms with van der Waals surface area (Å²) in [6, 6.07) is 5.14. The molecule has 0 spiro atoms. The van der Waals surface area contributed by atoms with Crippen LogP contribution in [0.25, 0.3) is 0 Å². The molecule has 9 nitrogen and oxygen atoms in total. The van der Waals surface area contributed by atoms with Crippen molar-refractivity contribution in [3.63, 3.8) is 0 Å². The number of anilines is 1. The highest BCUT2D eigenvalue weighted by atomic mass is 16.5. The van der Waals surface area contributed by atoms with E-state index in [-0.39, 0.29) is 23.2 Å². The zero-order valence-corrected chi connectivity index (χ0v) is 17.8. The van der Waals surface area contributed by atoms with Gasteiger partial charge in [0.25, 0.3) is 5.91 Å². The molecular weight excluding hydrogens is 398 g/mol. The molecule has 1 aliphatic rings. The van der Waals surface area contributed by atoms with Crippen molar-refractivity contribution in [2.24, 2.45) is 5.73 Å². The van der Waals surface area contributed by atoms with E-state index in [4.69, 9.17) is 15.2 Å². The number of nitrogens with one attached hydrogen (secondary N) is 1. The second-order valence-corrected chi connectivity index (χ2v) is 6.91. The molecule has 2 aromatic rings. The minimum Gasteiger partial charge on any atom is -0.497 e. The number of benzene rings is 1. The van der Waals surface area contributed by atoms with E-state index in [1.54, 1.807) is 49.0 Å². The Hall–Kier alpha value is -3.93. The van der Waals surface area contributed by atoms with Crippen LogP contribution in [0.4, 0.5) is 5.82 Å². The van der Waals surface area contributed by atoms with E-state index >= 15 is 0 Å². The predicted octanol–water partition coefficient (Wildman–Crippen LogP) is 1.40. The molecule has 1 unspecified atom stereocenters. The minimum atomic E-state index is -0.639. The lowest BCUT2D eigenvalue weighted by atomic mass is 10.1. The van der Waals surface area contributed by atoms with E-state index in [1.165, 1.54) is 6.08 Å². The summed E-state index contributed by atoms with van der Waals surface area (Å²) in [7, 11) is 4.80. The number of methoxy groups -OCH3 is 2. The van der Waals surface area contributed by atoms with E-state index in [9.17, 15) is 9.59 Å². The third kappa shape index (κ3) is 4.48. The van der Waals surface area contributed by atoms with Gasteiger partial charge in [0.1, 0.15) is 22.9 Å². The second-order valence-electron chi connectivity index (χ2n) is 6.91. The highest BCUT2D eigenvalue weighted by Gasteiger charge is 2.31. The van der Waals surface area contributed by atoms with Gasteiger partial charge >= 0.3 is 0 Å². The molecule has 2 amide bonds. The average molecular weight is 423 g/mol. The third-order valence-electron chi connectivity index (χ3n) is 5.07. The summed E-state index contributed by atoms with van der Waals surface area (Å²) in [4.78, 5) is 25.8. The maximum absolute atomic E-state index is 12.2. The predicted molar refractivity (Wildman–Crippen MR) is 116 cm³/mol. The van der Waals surface area contributed by atoms with Crippen LogP contribution in [0.3, 0.4) is 0 Å². The van der Waals surface area contributed by atoms with Crippen LogP contribution in [-0.4, -0.2) is 60.9 Å². The summed E-state index contributed by atoms with van der Waals surface area (Å²) in [5, 5.41) is 7.56. The van der Waals surface area contributed by atoms with Crippen LogP contribution in [0.2, 0.25) is 0 Å². The Bertz CT molecular complexity index is 1060. The van der Waals surface area contributed by atoms with Crippen LogP contribution in [0, 0.1) is 11.8 Å². The molecule has 1 atom stereocenters. The fourth-order valence-electron chi connectivity index (χ4n) is 3.54. The molecular formula is C22H25N5O4. The highest BCUT2D eigenvalue weighted by molar-refractivity contribution is 6.00. The van der Waals surface area contributed by atoms with Crippen molar-refractivity contribution < 1.29 is 19.1 Å². The Morgan fingerprint density at radius 2 is 1.94 bits per heavy atom. The van der Waals surface area contributed by atoms with Crippen molar-refractivity contribution in [3.8, 4) is 23.3 Å². The van der Waals surface area contributed by atoms with Crippen LogP contribution < -0.4 is 20.5 Å². The summed E-state index contributed by atoms with van der Waals surface area (Å²) >= 11 is 0. The van der Waals surface area contributed by atoms with E-state index in [2.05, 4.69) is 28.8 Å². The molecule has 0 radical (unpaired) electrons. The van der Waals surface area contributed by atoms with Gasteiger partial charge in [-0.05, 0) is 30.6 Å². The normalized spacial score (nSPS) is 15.1. The SMILES string of the molecule is C=CC(=O)N1CCC(n2nc(C#Cc3cc(OC)cc(OC)c3)c(C(N)=O)c2NC)C1. The van der Waals surface area contributed by atoms with Gasteiger partial charge in [0.05, 0.1) is 20.3 Å². The number of aromatic nitrogens is 2. The van der Waals surface area contributed by atoms with Crippen molar-refractivity contribution in [1.82, 2.24) is 14.7 Å². The van der Waals surface area contributed by atoms with Crippen molar-refractivity contribution in [2.45, 2.75) is 12.5 Å². The maximum atomic E-state index is 12.2. The number of rotatable bonds is 6. The second kappa shape index (κ2) is 9.26. The molecule has 1 fully saturated rings. The van der Waals surface area contributed by atoms with E-state index in [0.29, 0.717) is 42.4 Å². The summed E-state index contributed by atoms with van der Waals surface area (Å²) in [6.07, 6.45) is 1.98. The molecule has 31 heavy (non-hydrogen) atoms. The summed E-state index contributed by atoms with van der Waals surface area (Å²) < 4.78 is 12.2. The number of carbonyl (C=O) groups excluding carboxylic acids is 2.